The Morgan fingerprint density at radius 1 is 1.31 bits per heavy atom. The van der Waals surface area contributed by atoms with Crippen molar-refractivity contribution in [2.75, 3.05) is 5.32 Å². The van der Waals surface area contributed by atoms with E-state index in [9.17, 15) is 19.7 Å². The van der Waals surface area contributed by atoms with Crippen molar-refractivity contribution in [1.29, 1.82) is 0 Å². The number of carbonyl (C=O) groups excluding carboxylic acids is 2. The summed E-state index contributed by atoms with van der Waals surface area (Å²) >= 11 is 1.38. The Morgan fingerprint density at radius 3 is 2.59 bits per heavy atom. The summed E-state index contributed by atoms with van der Waals surface area (Å²) in [6.07, 6.45) is 2.55. The van der Waals surface area contributed by atoms with Gasteiger partial charge in [-0.25, -0.2) is 0 Å². The third-order valence-corrected chi connectivity index (χ3v) is 6.80. The molecule has 0 saturated carbocycles. The average molecular weight is 416 g/mol. The Hall–Kier alpha value is -2.74. The molecule has 1 aliphatic carbocycles. The zero-order valence-electron chi connectivity index (χ0n) is 17.0. The van der Waals surface area contributed by atoms with Crippen LogP contribution in [0.2, 0.25) is 0 Å². The standard InChI is InChI=1S/C21H25N3O4S/c1-11-5-6-12(9-15(11)24(27)28)19(26)23-20-17(18(22)25)14-8-7-13(21(2,3)4)10-16(14)29-20/h5-6,9,13H,7-8,10H2,1-4H3,(H2,22,25)(H,23,26)/t13-/m0/s1. The van der Waals surface area contributed by atoms with Crippen LogP contribution >= 0.6 is 11.3 Å². The fourth-order valence-corrected chi connectivity index (χ4v) is 5.12. The average Bonchev–Trinajstić information content (AvgIpc) is 2.98. The van der Waals surface area contributed by atoms with Crippen LogP contribution in [0.5, 0.6) is 0 Å². The van der Waals surface area contributed by atoms with Crippen LogP contribution in [-0.4, -0.2) is 16.7 Å². The summed E-state index contributed by atoms with van der Waals surface area (Å²) in [4.78, 5) is 36.6. The Bertz CT molecular complexity index is 1000. The fraction of sp³-hybridized carbons (Fsp3) is 0.429. The number of hydrogen-bond acceptors (Lipinski definition) is 5. The van der Waals surface area contributed by atoms with Crippen LogP contribution in [0.25, 0.3) is 0 Å². The van der Waals surface area contributed by atoms with Gasteiger partial charge in [-0.05, 0) is 49.1 Å². The molecule has 8 heteroatoms. The predicted molar refractivity (Wildman–Crippen MR) is 114 cm³/mol. The van der Waals surface area contributed by atoms with E-state index < -0.39 is 16.7 Å². The molecular weight excluding hydrogens is 390 g/mol. The second kappa shape index (κ2) is 7.59. The van der Waals surface area contributed by atoms with Gasteiger partial charge in [0.2, 0.25) is 0 Å². The molecule has 2 aromatic rings. The molecule has 0 saturated heterocycles. The molecule has 1 heterocycles. The van der Waals surface area contributed by atoms with E-state index in [1.54, 1.807) is 6.92 Å². The number of carbonyl (C=O) groups is 2. The molecule has 1 atom stereocenters. The number of anilines is 1. The van der Waals surface area contributed by atoms with Gasteiger partial charge in [0.25, 0.3) is 17.5 Å². The number of aryl methyl sites for hydroxylation is 1. The van der Waals surface area contributed by atoms with Crippen LogP contribution in [0.4, 0.5) is 10.7 Å². The van der Waals surface area contributed by atoms with Crippen LogP contribution in [0.3, 0.4) is 0 Å². The molecule has 3 rings (SSSR count). The van der Waals surface area contributed by atoms with E-state index in [-0.39, 0.29) is 16.7 Å². The minimum absolute atomic E-state index is 0.119. The topological polar surface area (TPSA) is 115 Å². The number of fused-ring (bicyclic) bond motifs is 1. The van der Waals surface area contributed by atoms with Gasteiger partial charge in [-0.1, -0.05) is 26.8 Å². The highest BCUT2D eigenvalue weighted by Gasteiger charge is 2.33. The lowest BCUT2D eigenvalue weighted by molar-refractivity contribution is -0.385. The number of benzene rings is 1. The Kier molecular flexibility index (Phi) is 5.49. The number of nitrogens with zero attached hydrogens (tertiary/aromatic N) is 1. The van der Waals surface area contributed by atoms with Gasteiger partial charge in [-0.3, -0.25) is 19.7 Å². The van der Waals surface area contributed by atoms with Gasteiger partial charge in [0.1, 0.15) is 5.00 Å². The molecule has 29 heavy (non-hydrogen) atoms. The number of nitro benzene ring substituents is 1. The highest BCUT2D eigenvalue weighted by molar-refractivity contribution is 7.17. The lowest BCUT2D eigenvalue weighted by atomic mass is 9.72. The van der Waals surface area contributed by atoms with Crippen LogP contribution in [0.1, 0.15) is 63.9 Å². The SMILES string of the molecule is Cc1ccc(C(=O)Nc2sc3c(c2C(N)=O)CC[C@H](C(C)(C)C)C3)cc1[N+](=O)[O-]. The van der Waals surface area contributed by atoms with E-state index in [1.807, 2.05) is 0 Å². The first-order valence-electron chi connectivity index (χ1n) is 9.49. The number of primary amides is 1. The molecule has 0 radical (unpaired) electrons. The van der Waals surface area contributed by atoms with E-state index >= 15 is 0 Å². The second-order valence-electron chi connectivity index (χ2n) is 8.59. The smallest absolute Gasteiger partial charge is 0.273 e. The highest BCUT2D eigenvalue weighted by Crippen LogP contribution is 2.44. The molecule has 1 aromatic heterocycles. The first kappa shape index (κ1) is 21.0. The van der Waals surface area contributed by atoms with Crippen molar-refractivity contribution in [3.05, 3.63) is 55.4 Å². The lowest BCUT2D eigenvalue weighted by Gasteiger charge is -2.33. The first-order chi connectivity index (χ1) is 13.5. The van der Waals surface area contributed by atoms with E-state index in [1.165, 1.54) is 29.5 Å². The van der Waals surface area contributed by atoms with Gasteiger partial charge < -0.3 is 11.1 Å². The maximum atomic E-state index is 12.7. The molecular formula is C21H25N3O4S. The van der Waals surface area contributed by atoms with Crippen molar-refractivity contribution in [2.45, 2.75) is 47.0 Å². The zero-order chi connectivity index (χ0) is 21.5. The molecule has 0 spiro atoms. The maximum absolute atomic E-state index is 12.7. The molecule has 3 N–H and O–H groups in total. The minimum Gasteiger partial charge on any atom is -0.365 e. The first-order valence-corrected chi connectivity index (χ1v) is 10.3. The van der Waals surface area contributed by atoms with Crippen molar-refractivity contribution in [3.8, 4) is 0 Å². The molecule has 1 aromatic carbocycles. The molecule has 7 nitrogen and oxygen atoms in total. The van der Waals surface area contributed by atoms with Crippen molar-refractivity contribution >= 4 is 33.8 Å². The summed E-state index contributed by atoms with van der Waals surface area (Å²) in [7, 11) is 0. The summed E-state index contributed by atoms with van der Waals surface area (Å²) in [6, 6.07) is 4.32. The normalized spacial score (nSPS) is 16.2. The largest absolute Gasteiger partial charge is 0.365 e. The van der Waals surface area contributed by atoms with Crippen LogP contribution in [0.15, 0.2) is 18.2 Å². The van der Waals surface area contributed by atoms with Crippen LogP contribution in [0, 0.1) is 28.4 Å². The second-order valence-corrected chi connectivity index (χ2v) is 9.70. The Balaban J connectivity index is 1.93. The van der Waals surface area contributed by atoms with E-state index in [0.29, 0.717) is 22.0 Å². The van der Waals surface area contributed by atoms with Crippen LogP contribution < -0.4 is 11.1 Å². The molecule has 0 unspecified atom stereocenters. The number of nitrogens with two attached hydrogens (primary N) is 1. The molecule has 154 valence electrons. The fourth-order valence-electron chi connectivity index (χ4n) is 3.80. The monoisotopic (exact) mass is 415 g/mol. The summed E-state index contributed by atoms with van der Waals surface area (Å²) in [5.74, 6) is -0.582. The van der Waals surface area contributed by atoms with Gasteiger partial charge >= 0.3 is 0 Å². The maximum Gasteiger partial charge on any atom is 0.273 e. The number of rotatable bonds is 4. The van der Waals surface area contributed by atoms with Crippen molar-refractivity contribution in [1.82, 2.24) is 0 Å². The predicted octanol–water partition coefficient (Wildman–Crippen LogP) is 4.47. The number of amides is 2. The molecule has 0 bridgehead atoms. The van der Waals surface area contributed by atoms with Crippen molar-refractivity contribution in [2.24, 2.45) is 17.1 Å². The summed E-state index contributed by atoms with van der Waals surface area (Å²) < 4.78 is 0. The number of nitrogens with one attached hydrogen (secondary N) is 1. The summed E-state index contributed by atoms with van der Waals surface area (Å²) in [5.41, 5.74) is 7.59. The molecule has 0 fully saturated rings. The van der Waals surface area contributed by atoms with E-state index in [2.05, 4.69) is 26.1 Å². The van der Waals surface area contributed by atoms with Gasteiger partial charge in [-0.2, -0.15) is 0 Å². The number of nitro groups is 1. The third-order valence-electron chi connectivity index (χ3n) is 5.63. The van der Waals surface area contributed by atoms with Gasteiger partial charge in [0, 0.05) is 22.1 Å². The third kappa shape index (κ3) is 4.17. The van der Waals surface area contributed by atoms with Crippen LogP contribution in [-0.2, 0) is 12.8 Å². The van der Waals surface area contributed by atoms with Gasteiger partial charge in [0.05, 0.1) is 10.5 Å². The number of thiophene rings is 1. The molecule has 2 amide bonds. The quantitative estimate of drug-likeness (QED) is 0.566. The summed E-state index contributed by atoms with van der Waals surface area (Å²) in [6.45, 7) is 8.23. The van der Waals surface area contributed by atoms with E-state index in [0.717, 1.165) is 29.7 Å². The lowest BCUT2D eigenvalue weighted by Crippen LogP contribution is -2.27. The molecule has 0 aliphatic heterocycles. The van der Waals surface area contributed by atoms with E-state index in [4.69, 9.17) is 5.73 Å². The van der Waals surface area contributed by atoms with Crippen molar-refractivity contribution < 1.29 is 14.5 Å². The Labute approximate surface area is 173 Å². The number of hydrogen-bond donors (Lipinski definition) is 2. The van der Waals surface area contributed by atoms with Crippen molar-refractivity contribution in [3.63, 3.8) is 0 Å². The summed E-state index contributed by atoms with van der Waals surface area (Å²) in [5, 5.41) is 14.3. The highest BCUT2D eigenvalue weighted by atomic mass is 32.1. The minimum atomic E-state index is -0.568. The van der Waals surface area contributed by atoms with Gasteiger partial charge in [0.15, 0.2) is 0 Å². The molecule has 1 aliphatic rings. The zero-order valence-corrected chi connectivity index (χ0v) is 17.8. The Morgan fingerprint density at radius 2 is 2.00 bits per heavy atom. The van der Waals surface area contributed by atoms with Gasteiger partial charge in [-0.15, -0.1) is 11.3 Å².